The van der Waals surface area contributed by atoms with Crippen molar-refractivity contribution in [3.05, 3.63) is 29.8 Å². The van der Waals surface area contributed by atoms with E-state index in [9.17, 15) is 4.79 Å². The normalized spacial score (nSPS) is 31.5. The van der Waals surface area contributed by atoms with Gasteiger partial charge in [-0.1, -0.05) is 39.0 Å². The number of hydrogen-bond donors (Lipinski definition) is 2. The third kappa shape index (κ3) is 2.64. The van der Waals surface area contributed by atoms with E-state index in [0.717, 1.165) is 24.1 Å². The van der Waals surface area contributed by atoms with E-state index in [4.69, 9.17) is 0 Å². The summed E-state index contributed by atoms with van der Waals surface area (Å²) in [7, 11) is 0. The molecular weight excluding hydrogens is 262 g/mol. The Morgan fingerprint density at radius 3 is 2.62 bits per heavy atom. The number of para-hydroxylation sites is 1. The van der Waals surface area contributed by atoms with Gasteiger partial charge in [0.05, 0.1) is 5.69 Å². The van der Waals surface area contributed by atoms with Gasteiger partial charge in [-0.25, -0.2) is 15.2 Å². The summed E-state index contributed by atoms with van der Waals surface area (Å²) in [6.07, 6.45) is 3.14. The summed E-state index contributed by atoms with van der Waals surface area (Å²) in [6, 6.07) is 7.93. The summed E-state index contributed by atoms with van der Waals surface area (Å²) in [5, 5.41) is 4.89. The van der Waals surface area contributed by atoms with Gasteiger partial charge in [-0.05, 0) is 49.1 Å². The SMILES string of the molecule is Cc1ccccc1N1N[C@]2(C[C@H](C)CC(C)(C)C2)NC1=O. The molecule has 1 aliphatic carbocycles. The molecule has 0 radical (unpaired) electrons. The van der Waals surface area contributed by atoms with Crippen LogP contribution >= 0.6 is 0 Å². The number of aryl methyl sites for hydroxylation is 1. The molecule has 4 nitrogen and oxygen atoms in total. The van der Waals surface area contributed by atoms with Crippen LogP contribution in [0.5, 0.6) is 0 Å². The van der Waals surface area contributed by atoms with Gasteiger partial charge in [0.25, 0.3) is 0 Å². The lowest BCUT2D eigenvalue weighted by atomic mass is 9.68. The highest BCUT2D eigenvalue weighted by Gasteiger charge is 2.49. The predicted molar refractivity (Wildman–Crippen MR) is 84.9 cm³/mol. The largest absolute Gasteiger partial charge is 0.338 e. The summed E-state index contributed by atoms with van der Waals surface area (Å²) in [5.74, 6) is 0.596. The van der Waals surface area contributed by atoms with Crippen LogP contribution in [-0.4, -0.2) is 11.7 Å². The monoisotopic (exact) mass is 287 g/mol. The zero-order valence-electron chi connectivity index (χ0n) is 13.4. The second-order valence-electron chi connectivity index (χ2n) is 7.60. The maximum atomic E-state index is 12.5. The Morgan fingerprint density at radius 1 is 1.24 bits per heavy atom. The molecule has 1 saturated heterocycles. The zero-order chi connectivity index (χ0) is 15.3. The molecule has 4 heteroatoms. The van der Waals surface area contributed by atoms with E-state index in [0.29, 0.717) is 5.92 Å². The average Bonchev–Trinajstić information content (AvgIpc) is 2.62. The number of urea groups is 1. The summed E-state index contributed by atoms with van der Waals surface area (Å²) in [5.41, 5.74) is 5.43. The molecule has 1 aromatic carbocycles. The minimum Gasteiger partial charge on any atom is -0.317 e. The summed E-state index contributed by atoms with van der Waals surface area (Å²) in [4.78, 5) is 12.5. The molecule has 1 heterocycles. The van der Waals surface area contributed by atoms with E-state index in [1.54, 1.807) is 5.01 Å². The average molecular weight is 287 g/mol. The van der Waals surface area contributed by atoms with E-state index in [1.165, 1.54) is 6.42 Å². The molecule has 1 spiro atoms. The number of amides is 2. The van der Waals surface area contributed by atoms with Crippen LogP contribution in [0.2, 0.25) is 0 Å². The van der Waals surface area contributed by atoms with Crippen LogP contribution in [0.3, 0.4) is 0 Å². The molecule has 2 fully saturated rings. The molecule has 3 rings (SSSR count). The molecule has 1 saturated carbocycles. The minimum atomic E-state index is -0.305. The minimum absolute atomic E-state index is 0.0470. The van der Waals surface area contributed by atoms with Crippen molar-refractivity contribution in [1.82, 2.24) is 10.7 Å². The number of hydrogen-bond acceptors (Lipinski definition) is 2. The fraction of sp³-hybridized carbons (Fsp3) is 0.588. The molecule has 0 unspecified atom stereocenters. The van der Waals surface area contributed by atoms with Gasteiger partial charge in [0.2, 0.25) is 0 Å². The second kappa shape index (κ2) is 4.73. The van der Waals surface area contributed by atoms with Gasteiger partial charge in [0, 0.05) is 0 Å². The van der Waals surface area contributed by atoms with Crippen LogP contribution in [0, 0.1) is 18.3 Å². The Bertz CT molecular complexity index is 569. The molecule has 2 amide bonds. The number of nitrogens with zero attached hydrogens (tertiary/aromatic N) is 1. The van der Waals surface area contributed by atoms with Crippen molar-refractivity contribution in [3.8, 4) is 0 Å². The van der Waals surface area contributed by atoms with E-state index in [-0.39, 0.29) is 17.1 Å². The Morgan fingerprint density at radius 2 is 1.95 bits per heavy atom. The van der Waals surface area contributed by atoms with Crippen LogP contribution in [0.25, 0.3) is 0 Å². The molecule has 1 aromatic rings. The van der Waals surface area contributed by atoms with Gasteiger partial charge in [-0.2, -0.15) is 0 Å². The van der Waals surface area contributed by atoms with E-state index >= 15 is 0 Å². The maximum Gasteiger partial charge on any atom is 0.338 e. The number of anilines is 1. The second-order valence-corrected chi connectivity index (χ2v) is 7.60. The van der Waals surface area contributed by atoms with E-state index in [2.05, 4.69) is 31.5 Å². The molecule has 0 bridgehead atoms. The van der Waals surface area contributed by atoms with Gasteiger partial charge in [0.15, 0.2) is 0 Å². The summed E-state index contributed by atoms with van der Waals surface area (Å²) in [6.45, 7) is 8.87. The first-order chi connectivity index (χ1) is 9.80. The number of carbonyl (C=O) groups excluding carboxylic acids is 1. The lowest BCUT2D eigenvalue weighted by molar-refractivity contribution is 0.0812. The fourth-order valence-corrected chi connectivity index (χ4v) is 4.29. The van der Waals surface area contributed by atoms with Crippen LogP contribution in [-0.2, 0) is 0 Å². The molecule has 0 aromatic heterocycles. The zero-order valence-corrected chi connectivity index (χ0v) is 13.4. The molecular formula is C17H25N3O. The first kappa shape index (κ1) is 14.4. The Hall–Kier alpha value is -1.55. The topological polar surface area (TPSA) is 44.4 Å². The predicted octanol–water partition coefficient (Wildman–Crippen LogP) is 3.57. The van der Waals surface area contributed by atoms with Gasteiger partial charge < -0.3 is 5.32 Å². The lowest BCUT2D eigenvalue weighted by Crippen LogP contribution is -2.57. The summed E-state index contributed by atoms with van der Waals surface area (Å²) >= 11 is 0. The smallest absolute Gasteiger partial charge is 0.317 e. The van der Waals surface area contributed by atoms with Crippen LogP contribution in [0.15, 0.2) is 24.3 Å². The van der Waals surface area contributed by atoms with Crippen molar-refractivity contribution < 1.29 is 4.79 Å². The van der Waals surface area contributed by atoms with Crippen molar-refractivity contribution in [2.75, 3.05) is 5.01 Å². The van der Waals surface area contributed by atoms with Crippen molar-refractivity contribution in [3.63, 3.8) is 0 Å². The van der Waals surface area contributed by atoms with Crippen molar-refractivity contribution in [2.45, 2.75) is 52.6 Å². The molecule has 2 N–H and O–H groups in total. The first-order valence-electron chi connectivity index (χ1n) is 7.76. The third-order valence-electron chi connectivity index (χ3n) is 4.61. The maximum absolute atomic E-state index is 12.5. The number of rotatable bonds is 1. The Kier molecular flexibility index (Phi) is 3.24. The molecule has 114 valence electrons. The van der Waals surface area contributed by atoms with Gasteiger partial charge in [0.1, 0.15) is 5.66 Å². The number of benzene rings is 1. The highest BCUT2D eigenvalue weighted by Crippen LogP contribution is 2.44. The quantitative estimate of drug-likeness (QED) is 0.829. The van der Waals surface area contributed by atoms with Crippen molar-refractivity contribution >= 4 is 11.7 Å². The molecule has 2 aliphatic rings. The fourth-order valence-electron chi connectivity index (χ4n) is 4.29. The van der Waals surface area contributed by atoms with Gasteiger partial charge >= 0.3 is 6.03 Å². The molecule has 21 heavy (non-hydrogen) atoms. The first-order valence-corrected chi connectivity index (χ1v) is 7.76. The van der Waals surface area contributed by atoms with Crippen LogP contribution < -0.4 is 15.8 Å². The van der Waals surface area contributed by atoms with E-state index in [1.807, 2.05) is 31.2 Å². The molecule has 1 aliphatic heterocycles. The highest BCUT2D eigenvalue weighted by molar-refractivity contribution is 5.94. The van der Waals surface area contributed by atoms with Crippen LogP contribution in [0.4, 0.5) is 10.5 Å². The number of carbonyl (C=O) groups is 1. The Labute approximate surface area is 126 Å². The van der Waals surface area contributed by atoms with Crippen LogP contribution in [0.1, 0.15) is 45.6 Å². The van der Waals surface area contributed by atoms with Crippen molar-refractivity contribution in [2.24, 2.45) is 11.3 Å². The lowest BCUT2D eigenvalue weighted by Gasteiger charge is -2.45. The standard InChI is InChI=1S/C17H25N3O/c1-12-9-16(3,4)11-17(10-12)18-15(21)20(19-17)14-8-6-5-7-13(14)2/h5-8,12,19H,9-11H2,1-4H3,(H,18,21)/t12-,17+/m1/s1. The highest BCUT2D eigenvalue weighted by atomic mass is 16.2. The van der Waals surface area contributed by atoms with E-state index < -0.39 is 0 Å². The number of hydrazine groups is 1. The summed E-state index contributed by atoms with van der Waals surface area (Å²) < 4.78 is 0. The van der Waals surface area contributed by atoms with Crippen molar-refractivity contribution in [1.29, 1.82) is 0 Å². The Balaban J connectivity index is 1.89. The number of nitrogens with one attached hydrogen (secondary N) is 2. The van der Waals surface area contributed by atoms with Gasteiger partial charge in [-0.15, -0.1) is 0 Å². The van der Waals surface area contributed by atoms with Gasteiger partial charge in [-0.3, -0.25) is 0 Å². The molecule has 2 atom stereocenters. The third-order valence-corrected chi connectivity index (χ3v) is 4.61.